The minimum absolute atomic E-state index is 0.238. The molecule has 0 heterocycles. The summed E-state index contributed by atoms with van der Waals surface area (Å²) in [5.74, 6) is 1.82. The molecule has 1 aliphatic rings. The van der Waals surface area contributed by atoms with Crippen molar-refractivity contribution in [2.45, 2.75) is 52.4 Å². The van der Waals surface area contributed by atoms with E-state index in [9.17, 15) is 8.42 Å². The van der Waals surface area contributed by atoms with Gasteiger partial charge >= 0.3 is 0 Å². The van der Waals surface area contributed by atoms with E-state index in [1.807, 2.05) is 6.92 Å². The fourth-order valence-electron chi connectivity index (χ4n) is 2.67. The van der Waals surface area contributed by atoms with Gasteiger partial charge in [0.25, 0.3) is 0 Å². The normalized spacial score (nSPS) is 24.5. The van der Waals surface area contributed by atoms with Crippen LogP contribution in [0.2, 0.25) is 0 Å². The Hall–Kier alpha value is -0.130. The first kappa shape index (κ1) is 16.9. The highest BCUT2D eigenvalue weighted by atomic mass is 32.2. The van der Waals surface area contributed by atoms with E-state index >= 15 is 0 Å². The number of sulfonamides is 1. The molecule has 1 fully saturated rings. The second kappa shape index (κ2) is 8.93. The van der Waals surface area contributed by atoms with Crippen molar-refractivity contribution < 1.29 is 8.42 Å². The van der Waals surface area contributed by atoms with E-state index in [1.165, 1.54) is 25.7 Å². The van der Waals surface area contributed by atoms with Gasteiger partial charge < -0.3 is 5.32 Å². The average molecular weight is 290 g/mol. The van der Waals surface area contributed by atoms with Crippen LogP contribution in [0.1, 0.15) is 52.4 Å². The van der Waals surface area contributed by atoms with Gasteiger partial charge in [0.1, 0.15) is 0 Å². The van der Waals surface area contributed by atoms with Crippen LogP contribution in [0.5, 0.6) is 0 Å². The molecule has 1 rings (SSSR count). The van der Waals surface area contributed by atoms with Crippen molar-refractivity contribution in [2.24, 2.45) is 11.8 Å². The van der Waals surface area contributed by atoms with Gasteiger partial charge in [0.15, 0.2) is 0 Å². The van der Waals surface area contributed by atoms with Crippen molar-refractivity contribution in [1.29, 1.82) is 0 Å². The maximum absolute atomic E-state index is 11.7. The van der Waals surface area contributed by atoms with Crippen LogP contribution in [-0.2, 0) is 10.0 Å². The summed E-state index contributed by atoms with van der Waals surface area (Å²) >= 11 is 0. The molecule has 0 bridgehead atoms. The molecule has 0 unspecified atom stereocenters. The quantitative estimate of drug-likeness (QED) is 0.640. The smallest absolute Gasteiger partial charge is 0.211 e. The van der Waals surface area contributed by atoms with Crippen LogP contribution in [0.3, 0.4) is 0 Å². The first-order chi connectivity index (χ1) is 9.03. The molecule has 1 saturated carbocycles. The van der Waals surface area contributed by atoms with Crippen LogP contribution in [0.25, 0.3) is 0 Å². The van der Waals surface area contributed by atoms with Crippen LogP contribution in [0.4, 0.5) is 0 Å². The van der Waals surface area contributed by atoms with Crippen molar-refractivity contribution in [3.05, 3.63) is 0 Å². The molecule has 0 aromatic heterocycles. The van der Waals surface area contributed by atoms with Gasteiger partial charge in [-0.2, -0.15) is 0 Å². The third-order valence-corrected chi connectivity index (χ3v) is 5.50. The van der Waals surface area contributed by atoms with Gasteiger partial charge in [-0.3, -0.25) is 0 Å². The summed E-state index contributed by atoms with van der Waals surface area (Å²) in [6, 6.07) is 0. The van der Waals surface area contributed by atoms with Crippen molar-refractivity contribution in [3.63, 3.8) is 0 Å². The van der Waals surface area contributed by atoms with E-state index in [-0.39, 0.29) is 5.75 Å². The third kappa shape index (κ3) is 7.90. The van der Waals surface area contributed by atoms with E-state index in [1.54, 1.807) is 0 Å². The largest absolute Gasteiger partial charge is 0.317 e. The van der Waals surface area contributed by atoms with Crippen LogP contribution < -0.4 is 10.0 Å². The van der Waals surface area contributed by atoms with E-state index in [4.69, 9.17) is 0 Å². The van der Waals surface area contributed by atoms with Gasteiger partial charge in [0.2, 0.25) is 10.0 Å². The lowest BCUT2D eigenvalue weighted by Crippen LogP contribution is -2.30. The predicted molar refractivity (Wildman–Crippen MR) is 80.7 cm³/mol. The Bertz CT molecular complexity index is 322. The molecule has 0 aliphatic heterocycles. The fourth-order valence-corrected chi connectivity index (χ4v) is 3.77. The van der Waals surface area contributed by atoms with E-state index in [0.29, 0.717) is 13.0 Å². The maximum atomic E-state index is 11.7. The highest BCUT2D eigenvalue weighted by Crippen LogP contribution is 2.29. The molecule has 5 heteroatoms. The van der Waals surface area contributed by atoms with Gasteiger partial charge in [-0.25, -0.2) is 13.1 Å². The van der Waals surface area contributed by atoms with Gasteiger partial charge in [0.05, 0.1) is 5.75 Å². The molecule has 0 amide bonds. The summed E-state index contributed by atoms with van der Waals surface area (Å²) < 4.78 is 26.2. The number of hydrogen-bond acceptors (Lipinski definition) is 3. The Morgan fingerprint density at radius 2 is 1.79 bits per heavy atom. The summed E-state index contributed by atoms with van der Waals surface area (Å²) in [7, 11) is -3.06. The summed E-state index contributed by atoms with van der Waals surface area (Å²) in [5, 5.41) is 3.14. The number of rotatable bonds is 9. The zero-order valence-corrected chi connectivity index (χ0v) is 13.3. The second-order valence-electron chi connectivity index (χ2n) is 5.83. The van der Waals surface area contributed by atoms with E-state index < -0.39 is 10.0 Å². The average Bonchev–Trinajstić information content (AvgIpc) is 2.37. The summed E-state index contributed by atoms with van der Waals surface area (Å²) in [4.78, 5) is 0. The Morgan fingerprint density at radius 3 is 2.42 bits per heavy atom. The molecule has 0 atom stereocenters. The molecular weight excluding hydrogens is 260 g/mol. The van der Waals surface area contributed by atoms with Gasteiger partial charge in [-0.1, -0.05) is 39.5 Å². The molecule has 1 aliphatic carbocycles. The zero-order chi connectivity index (χ0) is 14.1. The highest BCUT2D eigenvalue weighted by molar-refractivity contribution is 7.89. The highest BCUT2D eigenvalue weighted by Gasteiger charge is 2.18. The Kier molecular flexibility index (Phi) is 7.95. The first-order valence-corrected chi connectivity index (χ1v) is 9.36. The summed E-state index contributed by atoms with van der Waals surface area (Å²) in [6.45, 7) is 6.62. The number of nitrogens with one attached hydrogen (secondary N) is 2. The topological polar surface area (TPSA) is 58.2 Å². The molecule has 0 aromatic rings. The maximum Gasteiger partial charge on any atom is 0.211 e. The predicted octanol–water partition coefficient (Wildman–Crippen LogP) is 2.12. The van der Waals surface area contributed by atoms with Gasteiger partial charge in [-0.05, 0) is 37.8 Å². The third-order valence-electron chi connectivity index (χ3n) is 4.03. The van der Waals surface area contributed by atoms with Gasteiger partial charge in [-0.15, -0.1) is 0 Å². The monoisotopic (exact) mass is 290 g/mol. The van der Waals surface area contributed by atoms with E-state index in [0.717, 1.165) is 31.3 Å². The van der Waals surface area contributed by atoms with Crippen molar-refractivity contribution >= 4 is 10.0 Å². The molecule has 0 radical (unpaired) electrons. The number of hydrogen-bond donors (Lipinski definition) is 2. The van der Waals surface area contributed by atoms with Crippen molar-refractivity contribution in [3.8, 4) is 0 Å². The second-order valence-corrected chi connectivity index (χ2v) is 7.76. The first-order valence-electron chi connectivity index (χ1n) is 7.71. The molecule has 4 nitrogen and oxygen atoms in total. The van der Waals surface area contributed by atoms with Gasteiger partial charge in [0, 0.05) is 6.54 Å². The van der Waals surface area contributed by atoms with Crippen LogP contribution in [0, 0.1) is 11.8 Å². The Balaban J connectivity index is 2.10. The molecule has 0 aromatic carbocycles. The minimum atomic E-state index is -3.06. The molecular formula is C14H30N2O2S. The van der Waals surface area contributed by atoms with Crippen molar-refractivity contribution in [1.82, 2.24) is 10.0 Å². The summed E-state index contributed by atoms with van der Waals surface area (Å²) in [5.41, 5.74) is 0. The van der Waals surface area contributed by atoms with Crippen LogP contribution in [-0.4, -0.2) is 33.8 Å². The Labute approximate surface area is 118 Å². The van der Waals surface area contributed by atoms with Crippen LogP contribution >= 0.6 is 0 Å². The standard InChI is InChI=1S/C14H30N2O2S/c1-3-15-10-4-12-19(17,18)16-11-9-14-7-5-13(2)6-8-14/h13-16H,3-12H2,1-2H3. The Morgan fingerprint density at radius 1 is 1.11 bits per heavy atom. The fraction of sp³-hybridized carbons (Fsp3) is 1.00. The lowest BCUT2D eigenvalue weighted by molar-refractivity contribution is 0.278. The minimum Gasteiger partial charge on any atom is -0.317 e. The SMILES string of the molecule is CCNCCCS(=O)(=O)NCCC1CCC(C)CC1. The summed E-state index contributed by atoms with van der Waals surface area (Å²) in [6.07, 6.45) is 6.83. The van der Waals surface area contributed by atoms with E-state index in [2.05, 4.69) is 17.0 Å². The lowest BCUT2D eigenvalue weighted by Gasteiger charge is -2.26. The molecule has 2 N–H and O–H groups in total. The van der Waals surface area contributed by atoms with Crippen LogP contribution in [0.15, 0.2) is 0 Å². The molecule has 19 heavy (non-hydrogen) atoms. The molecule has 0 spiro atoms. The lowest BCUT2D eigenvalue weighted by atomic mass is 9.81. The van der Waals surface area contributed by atoms with Crippen molar-refractivity contribution in [2.75, 3.05) is 25.4 Å². The molecule has 0 saturated heterocycles. The zero-order valence-electron chi connectivity index (χ0n) is 12.5. The molecule has 114 valence electrons.